The molecule has 1 fully saturated rings. The quantitative estimate of drug-likeness (QED) is 0.456. The second kappa shape index (κ2) is 8.30. The normalized spacial score (nSPS) is 14.7. The average molecular weight is 432 g/mol. The molecular weight excluding hydrogens is 410 g/mol. The van der Waals surface area contributed by atoms with E-state index in [1.165, 1.54) is 36.2 Å². The molecule has 0 aliphatic carbocycles. The lowest BCUT2D eigenvalue weighted by Gasteiger charge is -2.15. The Morgan fingerprint density at radius 3 is 2.52 bits per heavy atom. The molecule has 0 saturated carbocycles. The molecule has 0 amide bonds. The first-order chi connectivity index (χ1) is 14.0. The number of thioether (sulfide) groups is 1. The molecule has 0 unspecified atom stereocenters. The number of rotatable bonds is 5. The maximum Gasteiger partial charge on any atom is 0.332 e. The number of hydrogen-bond donors (Lipinski definition) is 0. The maximum absolute atomic E-state index is 12.9. The van der Waals surface area contributed by atoms with Gasteiger partial charge in [0, 0.05) is 32.0 Å². The van der Waals surface area contributed by atoms with E-state index in [-0.39, 0.29) is 5.56 Å². The molecule has 1 saturated heterocycles. The minimum absolute atomic E-state index is 0.326. The van der Waals surface area contributed by atoms with Crippen molar-refractivity contribution in [1.29, 1.82) is 0 Å². The Morgan fingerprint density at radius 2 is 1.79 bits per heavy atom. The van der Waals surface area contributed by atoms with Crippen LogP contribution in [0.4, 0.5) is 0 Å². The van der Waals surface area contributed by atoms with Gasteiger partial charge < -0.3 is 4.90 Å². The minimum atomic E-state index is -0.417. The van der Waals surface area contributed by atoms with Crippen molar-refractivity contribution in [3.05, 3.63) is 50.1 Å². The molecule has 29 heavy (non-hydrogen) atoms. The Balaban J connectivity index is 1.85. The molecule has 4 rings (SSSR count). The van der Waals surface area contributed by atoms with Gasteiger partial charge in [-0.15, -0.1) is 11.8 Å². The van der Waals surface area contributed by atoms with Crippen molar-refractivity contribution in [2.45, 2.75) is 17.9 Å². The van der Waals surface area contributed by atoms with Crippen LogP contribution in [0.15, 0.2) is 38.9 Å². The van der Waals surface area contributed by atoms with Crippen LogP contribution in [-0.4, -0.2) is 49.4 Å². The van der Waals surface area contributed by atoms with Crippen molar-refractivity contribution < 1.29 is 0 Å². The molecule has 0 atom stereocenters. The zero-order valence-corrected chi connectivity index (χ0v) is 18.0. The molecular formula is C20H22ClN5O2S. The standard InChI is InChI=1S/C20H22ClN5O2S/c1-24-17-15(19(27)25(2)20(24)28)18(29-12-11-26-9-5-6-10-26)23-16(22-17)13-7-3-4-8-14(13)21/h3-4,7-8H,5-6,9-12H2,1-2H3. The topological polar surface area (TPSA) is 73.0 Å². The monoisotopic (exact) mass is 431 g/mol. The summed E-state index contributed by atoms with van der Waals surface area (Å²) in [6, 6.07) is 7.30. The van der Waals surface area contributed by atoms with Crippen LogP contribution < -0.4 is 11.2 Å². The number of fused-ring (bicyclic) bond motifs is 1. The van der Waals surface area contributed by atoms with Crippen LogP contribution in [-0.2, 0) is 14.1 Å². The van der Waals surface area contributed by atoms with E-state index in [4.69, 9.17) is 11.6 Å². The lowest BCUT2D eigenvalue weighted by Crippen LogP contribution is -2.37. The second-order valence-corrected chi connectivity index (χ2v) is 8.62. The van der Waals surface area contributed by atoms with E-state index in [2.05, 4.69) is 14.9 Å². The average Bonchev–Trinajstić information content (AvgIpc) is 3.24. The first-order valence-corrected chi connectivity index (χ1v) is 10.9. The van der Waals surface area contributed by atoms with Crippen LogP contribution in [0.25, 0.3) is 22.4 Å². The fourth-order valence-corrected chi connectivity index (χ4v) is 4.81. The molecule has 152 valence electrons. The summed E-state index contributed by atoms with van der Waals surface area (Å²) >= 11 is 7.88. The molecule has 2 aromatic heterocycles. The van der Waals surface area contributed by atoms with Gasteiger partial charge in [-0.25, -0.2) is 14.8 Å². The van der Waals surface area contributed by atoms with Gasteiger partial charge in [0.2, 0.25) is 0 Å². The molecule has 0 bridgehead atoms. The molecule has 7 nitrogen and oxygen atoms in total. The Hall–Kier alpha value is -2.16. The summed E-state index contributed by atoms with van der Waals surface area (Å²) in [6.45, 7) is 3.17. The van der Waals surface area contributed by atoms with Crippen LogP contribution in [0.1, 0.15) is 12.8 Å². The Kier molecular flexibility index (Phi) is 5.76. The molecule has 0 N–H and O–H groups in total. The molecule has 0 radical (unpaired) electrons. The van der Waals surface area contributed by atoms with E-state index in [1.807, 2.05) is 18.2 Å². The summed E-state index contributed by atoms with van der Waals surface area (Å²) < 4.78 is 2.49. The van der Waals surface area contributed by atoms with E-state index < -0.39 is 5.69 Å². The van der Waals surface area contributed by atoms with Crippen molar-refractivity contribution >= 4 is 34.4 Å². The second-order valence-electron chi connectivity index (χ2n) is 7.13. The lowest BCUT2D eigenvalue weighted by molar-refractivity contribution is 0.362. The minimum Gasteiger partial charge on any atom is -0.303 e. The van der Waals surface area contributed by atoms with Crippen LogP contribution in [0.5, 0.6) is 0 Å². The smallest absolute Gasteiger partial charge is 0.303 e. The SMILES string of the molecule is Cn1c(=O)c2c(SCCN3CCCC3)nc(-c3ccccc3Cl)nc2n(C)c1=O. The van der Waals surface area contributed by atoms with Gasteiger partial charge in [0.1, 0.15) is 10.4 Å². The fourth-order valence-electron chi connectivity index (χ4n) is 3.57. The first-order valence-electron chi connectivity index (χ1n) is 9.55. The molecule has 1 aliphatic rings. The highest BCUT2D eigenvalue weighted by Crippen LogP contribution is 2.29. The predicted molar refractivity (Wildman–Crippen MR) is 117 cm³/mol. The van der Waals surface area contributed by atoms with Gasteiger partial charge in [0.25, 0.3) is 5.56 Å². The van der Waals surface area contributed by atoms with E-state index in [9.17, 15) is 9.59 Å². The summed E-state index contributed by atoms with van der Waals surface area (Å²) in [6.07, 6.45) is 2.47. The Morgan fingerprint density at radius 1 is 1.07 bits per heavy atom. The third-order valence-corrected chi connectivity index (χ3v) is 6.51. The van der Waals surface area contributed by atoms with Crippen molar-refractivity contribution in [2.75, 3.05) is 25.4 Å². The highest BCUT2D eigenvalue weighted by Gasteiger charge is 2.19. The van der Waals surface area contributed by atoms with E-state index in [1.54, 1.807) is 13.1 Å². The number of nitrogens with zero attached hydrogens (tertiary/aromatic N) is 5. The summed E-state index contributed by atoms with van der Waals surface area (Å²) in [7, 11) is 3.09. The van der Waals surface area contributed by atoms with Gasteiger partial charge in [-0.1, -0.05) is 23.7 Å². The maximum atomic E-state index is 12.9. The van der Waals surface area contributed by atoms with Crippen LogP contribution in [0, 0.1) is 0 Å². The zero-order chi connectivity index (χ0) is 20.5. The van der Waals surface area contributed by atoms with Crippen molar-refractivity contribution in [3.8, 4) is 11.4 Å². The predicted octanol–water partition coefficient (Wildman–Crippen LogP) is 2.54. The van der Waals surface area contributed by atoms with Crippen LogP contribution in [0.2, 0.25) is 5.02 Å². The highest BCUT2D eigenvalue weighted by atomic mass is 35.5. The van der Waals surface area contributed by atoms with Gasteiger partial charge in [0.15, 0.2) is 11.5 Å². The fraction of sp³-hybridized carbons (Fsp3) is 0.400. The van der Waals surface area contributed by atoms with E-state index in [0.717, 1.165) is 30.0 Å². The van der Waals surface area contributed by atoms with Crippen LogP contribution >= 0.6 is 23.4 Å². The van der Waals surface area contributed by atoms with Crippen molar-refractivity contribution in [2.24, 2.45) is 14.1 Å². The summed E-state index contributed by atoms with van der Waals surface area (Å²) in [5.41, 5.74) is 0.203. The number of benzene rings is 1. The molecule has 9 heteroatoms. The zero-order valence-electron chi connectivity index (χ0n) is 16.4. The van der Waals surface area contributed by atoms with E-state index in [0.29, 0.717) is 32.5 Å². The number of halogens is 1. The largest absolute Gasteiger partial charge is 0.332 e. The number of aryl methyl sites for hydroxylation is 1. The number of hydrogen-bond acceptors (Lipinski definition) is 6. The van der Waals surface area contributed by atoms with Gasteiger partial charge >= 0.3 is 5.69 Å². The van der Waals surface area contributed by atoms with Crippen LogP contribution in [0.3, 0.4) is 0 Å². The first kappa shape index (κ1) is 20.1. The lowest BCUT2D eigenvalue weighted by atomic mass is 10.2. The Bertz CT molecular complexity index is 1180. The summed E-state index contributed by atoms with van der Waals surface area (Å²) in [5.74, 6) is 1.22. The highest BCUT2D eigenvalue weighted by molar-refractivity contribution is 7.99. The summed E-state index contributed by atoms with van der Waals surface area (Å²) in [5, 5.41) is 1.48. The molecule has 3 aromatic rings. The number of likely N-dealkylation sites (tertiary alicyclic amines) is 1. The molecule has 1 aromatic carbocycles. The van der Waals surface area contributed by atoms with Gasteiger partial charge in [-0.05, 0) is 38.1 Å². The third kappa shape index (κ3) is 3.84. The molecule has 0 spiro atoms. The number of aromatic nitrogens is 4. The van der Waals surface area contributed by atoms with Gasteiger partial charge in [-0.2, -0.15) is 0 Å². The Labute approximate surface area is 177 Å². The van der Waals surface area contributed by atoms with Gasteiger partial charge in [-0.3, -0.25) is 13.9 Å². The van der Waals surface area contributed by atoms with Gasteiger partial charge in [0.05, 0.1) is 5.02 Å². The third-order valence-electron chi connectivity index (χ3n) is 5.23. The summed E-state index contributed by atoms with van der Waals surface area (Å²) in [4.78, 5) is 37.0. The van der Waals surface area contributed by atoms with E-state index >= 15 is 0 Å². The molecule has 3 heterocycles. The van der Waals surface area contributed by atoms with Crippen molar-refractivity contribution in [3.63, 3.8) is 0 Å². The molecule has 1 aliphatic heterocycles. The van der Waals surface area contributed by atoms with Crippen molar-refractivity contribution in [1.82, 2.24) is 24.0 Å².